The lowest BCUT2D eigenvalue weighted by Gasteiger charge is -2.17. The fraction of sp³-hybridized carbons (Fsp3) is 0.500. The zero-order valence-corrected chi connectivity index (χ0v) is 8.58. The van der Waals surface area contributed by atoms with Crippen molar-refractivity contribution in [2.24, 2.45) is 0 Å². The molecule has 5 heteroatoms. The predicted octanol–water partition coefficient (Wildman–Crippen LogP) is 1.09. The van der Waals surface area contributed by atoms with Crippen LogP contribution in [0.1, 0.15) is 11.4 Å². The monoisotopic (exact) mass is 217 g/mol. The second-order valence-corrected chi connectivity index (χ2v) is 3.49. The summed E-state index contributed by atoms with van der Waals surface area (Å²) in [5.41, 5.74) is 0.979. The van der Waals surface area contributed by atoms with E-state index in [4.69, 9.17) is 5.11 Å². The van der Waals surface area contributed by atoms with E-state index in [2.05, 4.69) is 0 Å². The van der Waals surface area contributed by atoms with Crippen LogP contribution in [0, 0.1) is 13.8 Å². The minimum absolute atomic E-state index is 0.159. The van der Waals surface area contributed by atoms with Crippen molar-refractivity contribution in [1.82, 2.24) is 4.57 Å². The van der Waals surface area contributed by atoms with Gasteiger partial charge in [-0.1, -0.05) is 0 Å². The minimum Gasteiger partial charge on any atom is -0.385 e. The molecule has 1 aromatic rings. The molecule has 1 heterocycles. The summed E-state index contributed by atoms with van der Waals surface area (Å²) in [6, 6.07) is 2.70. The van der Waals surface area contributed by atoms with Crippen LogP contribution in [-0.4, -0.2) is 22.2 Å². The molecule has 15 heavy (non-hydrogen) atoms. The Morgan fingerprint density at radius 3 is 2.20 bits per heavy atom. The summed E-state index contributed by atoms with van der Waals surface area (Å²) < 4.78 is 25.8. The average Bonchev–Trinajstić information content (AvgIpc) is 2.10. The van der Waals surface area contributed by atoms with E-state index < -0.39 is 12.5 Å². The van der Waals surface area contributed by atoms with Gasteiger partial charge in [0.1, 0.15) is 6.10 Å². The summed E-state index contributed by atoms with van der Waals surface area (Å²) in [7, 11) is 0. The number of aliphatic hydroxyl groups is 1. The molecule has 0 aromatic carbocycles. The summed E-state index contributed by atoms with van der Waals surface area (Å²) in [6.45, 7) is 3.09. The molecule has 0 radical (unpaired) electrons. The highest BCUT2D eigenvalue weighted by atomic mass is 19.3. The Bertz CT molecular complexity index is 375. The summed E-state index contributed by atoms with van der Waals surface area (Å²) >= 11 is 0. The lowest BCUT2D eigenvalue weighted by molar-refractivity contribution is -0.0142. The van der Waals surface area contributed by atoms with Crippen molar-refractivity contribution in [3.05, 3.63) is 33.7 Å². The maximum absolute atomic E-state index is 12.1. The first-order chi connectivity index (χ1) is 6.91. The summed E-state index contributed by atoms with van der Waals surface area (Å²) in [5.74, 6) is 0. The number of aromatic nitrogens is 1. The number of hydrogen-bond acceptors (Lipinski definition) is 2. The Morgan fingerprint density at radius 1 is 1.33 bits per heavy atom. The molecule has 0 aliphatic rings. The van der Waals surface area contributed by atoms with Gasteiger partial charge in [0, 0.05) is 23.5 Å². The molecule has 0 saturated heterocycles. The van der Waals surface area contributed by atoms with Gasteiger partial charge in [0.25, 0.3) is 6.43 Å². The van der Waals surface area contributed by atoms with E-state index in [1.165, 1.54) is 16.7 Å². The maximum atomic E-state index is 12.1. The van der Waals surface area contributed by atoms with Crippen LogP contribution in [-0.2, 0) is 6.54 Å². The minimum atomic E-state index is -2.77. The molecule has 0 spiro atoms. The Kier molecular flexibility index (Phi) is 3.57. The van der Waals surface area contributed by atoms with Gasteiger partial charge in [-0.2, -0.15) is 0 Å². The Morgan fingerprint density at radius 2 is 1.80 bits per heavy atom. The van der Waals surface area contributed by atoms with Crippen LogP contribution in [0.2, 0.25) is 0 Å². The quantitative estimate of drug-likeness (QED) is 0.823. The van der Waals surface area contributed by atoms with Gasteiger partial charge < -0.3 is 9.67 Å². The summed E-state index contributed by atoms with van der Waals surface area (Å²) in [6.07, 6.45) is -4.48. The topological polar surface area (TPSA) is 42.2 Å². The standard InChI is InChI=1S/C10H13F2NO2/c1-6-3-8(14)4-7(2)13(6)5-9(15)10(11)12/h3-4,9-10,15H,5H2,1-2H3. The largest absolute Gasteiger partial charge is 0.385 e. The van der Waals surface area contributed by atoms with Crippen LogP contribution in [0.3, 0.4) is 0 Å². The van der Waals surface area contributed by atoms with E-state index in [1.807, 2.05) is 0 Å². The number of nitrogens with zero attached hydrogens (tertiary/aromatic N) is 1. The maximum Gasteiger partial charge on any atom is 0.265 e. The fourth-order valence-corrected chi connectivity index (χ4v) is 1.44. The van der Waals surface area contributed by atoms with Crippen LogP contribution >= 0.6 is 0 Å². The number of aryl methyl sites for hydroxylation is 2. The van der Waals surface area contributed by atoms with Crippen molar-refractivity contribution in [1.29, 1.82) is 0 Å². The number of hydrogen-bond donors (Lipinski definition) is 1. The first-order valence-corrected chi connectivity index (χ1v) is 4.56. The third-order valence-corrected chi connectivity index (χ3v) is 2.21. The lowest BCUT2D eigenvalue weighted by atomic mass is 10.2. The van der Waals surface area contributed by atoms with Crippen molar-refractivity contribution in [3.63, 3.8) is 0 Å². The van der Waals surface area contributed by atoms with Gasteiger partial charge in [0.2, 0.25) is 0 Å². The highest BCUT2D eigenvalue weighted by Crippen LogP contribution is 2.08. The zero-order chi connectivity index (χ0) is 11.6. The molecule has 0 aliphatic carbocycles. The third kappa shape index (κ3) is 2.86. The first-order valence-electron chi connectivity index (χ1n) is 4.56. The van der Waals surface area contributed by atoms with Crippen molar-refractivity contribution >= 4 is 0 Å². The average molecular weight is 217 g/mol. The molecular weight excluding hydrogens is 204 g/mol. The van der Waals surface area contributed by atoms with E-state index >= 15 is 0 Å². The van der Waals surface area contributed by atoms with Crippen molar-refractivity contribution in [2.75, 3.05) is 0 Å². The van der Waals surface area contributed by atoms with Crippen LogP contribution in [0.15, 0.2) is 16.9 Å². The highest BCUT2D eigenvalue weighted by molar-refractivity contribution is 5.12. The van der Waals surface area contributed by atoms with Crippen molar-refractivity contribution < 1.29 is 13.9 Å². The first kappa shape index (κ1) is 11.8. The highest BCUT2D eigenvalue weighted by Gasteiger charge is 2.18. The number of halogens is 2. The molecule has 84 valence electrons. The molecule has 1 unspecified atom stereocenters. The molecule has 1 N–H and O–H groups in total. The second-order valence-electron chi connectivity index (χ2n) is 3.49. The Balaban J connectivity index is 3.00. The number of alkyl halides is 2. The van der Waals surface area contributed by atoms with Gasteiger partial charge >= 0.3 is 0 Å². The molecule has 1 aromatic heterocycles. The molecule has 3 nitrogen and oxygen atoms in total. The van der Waals surface area contributed by atoms with Gasteiger partial charge in [0.05, 0.1) is 6.54 Å². The third-order valence-electron chi connectivity index (χ3n) is 2.21. The van der Waals surface area contributed by atoms with E-state index in [-0.39, 0.29) is 12.0 Å². The van der Waals surface area contributed by atoms with Crippen LogP contribution in [0.5, 0.6) is 0 Å². The molecule has 1 atom stereocenters. The normalized spacial score (nSPS) is 13.2. The molecule has 0 bridgehead atoms. The van der Waals surface area contributed by atoms with Gasteiger partial charge in [-0.05, 0) is 13.8 Å². The van der Waals surface area contributed by atoms with Crippen molar-refractivity contribution in [3.8, 4) is 0 Å². The van der Waals surface area contributed by atoms with Gasteiger partial charge in [-0.15, -0.1) is 0 Å². The number of rotatable bonds is 3. The van der Waals surface area contributed by atoms with Crippen LogP contribution < -0.4 is 5.43 Å². The lowest BCUT2D eigenvalue weighted by Crippen LogP contribution is -2.27. The van der Waals surface area contributed by atoms with Gasteiger partial charge in [-0.25, -0.2) is 8.78 Å². The number of pyridine rings is 1. The molecule has 0 aliphatic heterocycles. The van der Waals surface area contributed by atoms with E-state index in [1.54, 1.807) is 13.8 Å². The molecular formula is C10H13F2NO2. The SMILES string of the molecule is Cc1cc(=O)cc(C)n1CC(O)C(F)F. The predicted molar refractivity (Wildman–Crippen MR) is 52.2 cm³/mol. The summed E-state index contributed by atoms with van der Waals surface area (Å²) in [5, 5.41) is 9.05. The Labute approximate surface area is 86.0 Å². The fourth-order valence-electron chi connectivity index (χ4n) is 1.44. The van der Waals surface area contributed by atoms with Crippen molar-refractivity contribution in [2.45, 2.75) is 32.9 Å². The second kappa shape index (κ2) is 4.53. The van der Waals surface area contributed by atoms with Crippen LogP contribution in [0.4, 0.5) is 8.78 Å². The zero-order valence-electron chi connectivity index (χ0n) is 8.58. The Hall–Kier alpha value is -1.23. The molecule has 0 amide bonds. The summed E-state index contributed by atoms with van der Waals surface area (Å²) in [4.78, 5) is 11.1. The molecule has 1 rings (SSSR count). The van der Waals surface area contributed by atoms with Gasteiger partial charge in [0.15, 0.2) is 5.43 Å². The smallest absolute Gasteiger partial charge is 0.265 e. The number of aliphatic hydroxyl groups excluding tert-OH is 1. The van der Waals surface area contributed by atoms with E-state index in [0.717, 1.165) is 0 Å². The molecule has 0 fully saturated rings. The van der Waals surface area contributed by atoms with E-state index in [0.29, 0.717) is 11.4 Å². The van der Waals surface area contributed by atoms with Gasteiger partial charge in [-0.3, -0.25) is 4.79 Å². The molecule has 0 saturated carbocycles. The van der Waals surface area contributed by atoms with Crippen LogP contribution in [0.25, 0.3) is 0 Å². The van der Waals surface area contributed by atoms with E-state index in [9.17, 15) is 13.6 Å².